The molecule has 0 aromatic carbocycles. The Morgan fingerprint density at radius 1 is 1.10 bits per heavy atom. The Labute approximate surface area is 122 Å². The Hall–Kier alpha value is -0.610. The van der Waals surface area contributed by atoms with Crippen LogP contribution in [0.25, 0.3) is 0 Å². The van der Waals surface area contributed by atoms with E-state index in [0.29, 0.717) is 0 Å². The monoisotopic (exact) mass is 283 g/mol. The van der Waals surface area contributed by atoms with Crippen molar-refractivity contribution in [1.82, 2.24) is 4.90 Å². The Morgan fingerprint density at radius 2 is 1.80 bits per heavy atom. The van der Waals surface area contributed by atoms with Gasteiger partial charge in [-0.1, -0.05) is 19.3 Å². The van der Waals surface area contributed by atoms with Crippen LogP contribution in [0, 0.1) is 0 Å². The largest absolute Gasteiger partial charge is 0.459 e. The van der Waals surface area contributed by atoms with E-state index in [1.165, 1.54) is 6.42 Å². The molecule has 3 atom stereocenters. The van der Waals surface area contributed by atoms with Gasteiger partial charge in [0.2, 0.25) is 0 Å². The van der Waals surface area contributed by atoms with E-state index in [1.54, 1.807) is 0 Å². The highest BCUT2D eigenvalue weighted by molar-refractivity contribution is 5.76. The smallest absolute Gasteiger partial charge is 0.323 e. The van der Waals surface area contributed by atoms with Crippen molar-refractivity contribution in [2.24, 2.45) is 0 Å². The Bertz CT molecular complexity index is 337. The van der Waals surface area contributed by atoms with E-state index in [0.717, 1.165) is 45.1 Å². The first-order valence-electron chi connectivity index (χ1n) is 8.05. The summed E-state index contributed by atoms with van der Waals surface area (Å²) in [6.45, 7) is 6.63. The topological polar surface area (TPSA) is 49.8 Å². The maximum absolute atomic E-state index is 12.4. The highest BCUT2D eigenvalue weighted by atomic mass is 16.6. The molecule has 1 N–H and O–H groups in total. The van der Waals surface area contributed by atoms with E-state index in [4.69, 9.17) is 4.74 Å². The second-order valence-corrected chi connectivity index (χ2v) is 7.20. The number of hydrogen-bond acceptors (Lipinski definition) is 4. The Balaban J connectivity index is 2.04. The third-order valence-electron chi connectivity index (χ3n) is 4.34. The van der Waals surface area contributed by atoms with Gasteiger partial charge in [-0.05, 0) is 53.0 Å². The van der Waals surface area contributed by atoms with Crippen LogP contribution < -0.4 is 0 Å². The van der Waals surface area contributed by atoms with Gasteiger partial charge in [-0.3, -0.25) is 9.69 Å². The van der Waals surface area contributed by atoms with Gasteiger partial charge in [0, 0.05) is 6.04 Å². The van der Waals surface area contributed by atoms with Crippen molar-refractivity contribution in [3.05, 3.63) is 0 Å². The van der Waals surface area contributed by atoms with Crippen molar-refractivity contribution in [3.63, 3.8) is 0 Å². The second kappa shape index (κ2) is 6.44. The molecule has 1 heterocycles. The van der Waals surface area contributed by atoms with Crippen LogP contribution in [0.5, 0.6) is 0 Å². The average molecular weight is 283 g/mol. The molecule has 1 saturated carbocycles. The molecule has 0 aromatic rings. The van der Waals surface area contributed by atoms with Crippen molar-refractivity contribution in [1.29, 1.82) is 0 Å². The van der Waals surface area contributed by atoms with Gasteiger partial charge in [-0.2, -0.15) is 0 Å². The van der Waals surface area contributed by atoms with Crippen molar-refractivity contribution in [2.45, 2.75) is 89.5 Å². The minimum atomic E-state index is -0.437. The van der Waals surface area contributed by atoms with E-state index in [1.807, 2.05) is 20.8 Å². The summed E-state index contributed by atoms with van der Waals surface area (Å²) in [6, 6.07) is -0.0236. The average Bonchev–Trinajstić information content (AvgIpc) is 2.71. The molecule has 116 valence electrons. The van der Waals surface area contributed by atoms with Crippen molar-refractivity contribution in [3.8, 4) is 0 Å². The molecular weight excluding hydrogens is 254 g/mol. The van der Waals surface area contributed by atoms with E-state index >= 15 is 0 Å². The highest BCUT2D eigenvalue weighted by Gasteiger charge is 2.40. The van der Waals surface area contributed by atoms with Gasteiger partial charge in [0.25, 0.3) is 0 Å². The number of carbonyl (C=O) groups is 1. The second-order valence-electron chi connectivity index (χ2n) is 7.20. The number of hydrogen-bond donors (Lipinski definition) is 1. The number of rotatable bonds is 2. The Morgan fingerprint density at radius 3 is 2.50 bits per heavy atom. The fraction of sp³-hybridized carbons (Fsp3) is 0.938. The number of ether oxygens (including phenoxy) is 1. The molecule has 2 rings (SSSR count). The summed E-state index contributed by atoms with van der Waals surface area (Å²) in [7, 11) is 0. The molecule has 2 unspecified atom stereocenters. The van der Waals surface area contributed by atoms with Crippen LogP contribution in [-0.4, -0.2) is 46.3 Å². The number of aliphatic hydroxyl groups excluding tert-OH is 1. The summed E-state index contributed by atoms with van der Waals surface area (Å²) in [5.74, 6) is -0.119. The maximum Gasteiger partial charge on any atom is 0.323 e. The zero-order valence-corrected chi connectivity index (χ0v) is 13.1. The van der Waals surface area contributed by atoms with E-state index in [-0.39, 0.29) is 24.2 Å². The molecule has 0 aromatic heterocycles. The summed E-state index contributed by atoms with van der Waals surface area (Å²) in [4.78, 5) is 14.6. The third-order valence-corrected chi connectivity index (χ3v) is 4.34. The first-order chi connectivity index (χ1) is 9.38. The van der Waals surface area contributed by atoms with Crippen LogP contribution in [0.2, 0.25) is 0 Å². The molecule has 0 amide bonds. The molecule has 1 aliphatic carbocycles. The number of esters is 1. The number of likely N-dealkylation sites (tertiary alicyclic amines) is 1. The fourth-order valence-corrected chi connectivity index (χ4v) is 3.46. The van der Waals surface area contributed by atoms with Gasteiger partial charge in [0.15, 0.2) is 0 Å². The highest BCUT2D eigenvalue weighted by Crippen LogP contribution is 2.30. The fourth-order valence-electron chi connectivity index (χ4n) is 3.46. The van der Waals surface area contributed by atoms with E-state index in [2.05, 4.69) is 4.90 Å². The van der Waals surface area contributed by atoms with Gasteiger partial charge < -0.3 is 9.84 Å². The van der Waals surface area contributed by atoms with Crippen molar-refractivity contribution in [2.75, 3.05) is 6.54 Å². The van der Waals surface area contributed by atoms with Crippen molar-refractivity contribution < 1.29 is 14.6 Å². The lowest BCUT2D eigenvalue weighted by Crippen LogP contribution is -2.49. The standard InChI is InChI=1S/C16H29NO3/c1-16(2,3)20-15(19)13-9-7-11-17(13)12-8-5-4-6-10-14(12)18/h12-14,18H,4-11H2,1-3H3/t12?,13-,14?/m0/s1. The van der Waals surface area contributed by atoms with Gasteiger partial charge >= 0.3 is 5.97 Å². The molecule has 0 bridgehead atoms. The molecule has 2 fully saturated rings. The van der Waals surface area contributed by atoms with Gasteiger partial charge in [-0.25, -0.2) is 0 Å². The number of nitrogens with zero attached hydrogens (tertiary/aromatic N) is 1. The molecule has 0 spiro atoms. The summed E-state index contributed by atoms with van der Waals surface area (Å²) in [5.41, 5.74) is -0.437. The molecule has 4 heteroatoms. The molecule has 0 radical (unpaired) electrons. The first-order valence-corrected chi connectivity index (χ1v) is 8.05. The van der Waals surface area contributed by atoms with E-state index < -0.39 is 5.60 Å². The van der Waals surface area contributed by atoms with Crippen LogP contribution >= 0.6 is 0 Å². The zero-order chi connectivity index (χ0) is 14.8. The maximum atomic E-state index is 12.4. The molecule has 2 aliphatic rings. The van der Waals surface area contributed by atoms with Gasteiger partial charge in [0.1, 0.15) is 11.6 Å². The molecule has 4 nitrogen and oxygen atoms in total. The summed E-state index contributed by atoms with van der Waals surface area (Å²) >= 11 is 0. The van der Waals surface area contributed by atoms with Gasteiger partial charge in [0.05, 0.1) is 6.10 Å². The van der Waals surface area contributed by atoms with E-state index in [9.17, 15) is 9.90 Å². The summed E-state index contributed by atoms with van der Waals surface area (Å²) in [6.07, 6.45) is 6.90. The predicted molar refractivity (Wildman–Crippen MR) is 78.5 cm³/mol. The summed E-state index contributed by atoms with van der Waals surface area (Å²) in [5, 5.41) is 10.3. The van der Waals surface area contributed by atoms with Crippen LogP contribution in [0.3, 0.4) is 0 Å². The SMILES string of the molecule is CC(C)(C)OC(=O)[C@@H]1CCCN1C1CCCCCC1O. The van der Waals surface area contributed by atoms with Gasteiger partial charge in [-0.15, -0.1) is 0 Å². The van der Waals surface area contributed by atoms with Crippen LogP contribution in [0.1, 0.15) is 65.7 Å². The number of aliphatic hydroxyl groups is 1. The third kappa shape index (κ3) is 3.95. The number of carbonyl (C=O) groups excluding carboxylic acids is 1. The summed E-state index contributed by atoms with van der Waals surface area (Å²) < 4.78 is 5.55. The Kier molecular flexibility index (Phi) is 5.08. The first kappa shape index (κ1) is 15.8. The zero-order valence-electron chi connectivity index (χ0n) is 13.1. The van der Waals surface area contributed by atoms with Crippen LogP contribution in [0.4, 0.5) is 0 Å². The minimum Gasteiger partial charge on any atom is -0.459 e. The normalized spacial score (nSPS) is 32.9. The van der Waals surface area contributed by atoms with Crippen LogP contribution in [0.15, 0.2) is 0 Å². The van der Waals surface area contributed by atoms with Crippen LogP contribution in [-0.2, 0) is 9.53 Å². The predicted octanol–water partition coefficient (Wildman–Crippen LogP) is 2.49. The molecule has 20 heavy (non-hydrogen) atoms. The molecule has 1 saturated heterocycles. The minimum absolute atomic E-state index is 0.119. The van der Waals surface area contributed by atoms with Crippen molar-refractivity contribution >= 4 is 5.97 Å². The lowest BCUT2D eigenvalue weighted by molar-refractivity contribution is -0.162. The quantitative estimate of drug-likeness (QED) is 0.625. The lowest BCUT2D eigenvalue weighted by atomic mass is 10.0. The lowest BCUT2D eigenvalue weighted by Gasteiger charge is -2.35. The molecular formula is C16H29NO3. The molecule has 1 aliphatic heterocycles.